The van der Waals surface area contributed by atoms with E-state index < -0.39 is 6.10 Å². The zero-order valence-corrected chi connectivity index (χ0v) is 16.1. The molecule has 1 saturated carbocycles. The minimum atomic E-state index is -0.587. The van der Waals surface area contributed by atoms with E-state index in [9.17, 15) is 9.50 Å². The predicted molar refractivity (Wildman–Crippen MR) is 103 cm³/mol. The van der Waals surface area contributed by atoms with Crippen molar-refractivity contribution in [2.45, 2.75) is 45.1 Å². The first-order valence-corrected chi connectivity index (χ1v) is 9.49. The molecule has 1 fully saturated rings. The maximum atomic E-state index is 13.5. The van der Waals surface area contributed by atoms with Gasteiger partial charge in [-0.2, -0.15) is 0 Å². The van der Waals surface area contributed by atoms with E-state index in [2.05, 4.69) is 29.5 Å². The molecule has 1 aliphatic rings. The summed E-state index contributed by atoms with van der Waals surface area (Å²) in [6, 6.07) is 6.81. The van der Waals surface area contributed by atoms with Crippen molar-refractivity contribution in [2.24, 2.45) is 10.9 Å². The van der Waals surface area contributed by atoms with Gasteiger partial charge in [0, 0.05) is 25.1 Å². The summed E-state index contributed by atoms with van der Waals surface area (Å²) >= 11 is 0. The van der Waals surface area contributed by atoms with Crippen LogP contribution >= 0.6 is 0 Å². The summed E-state index contributed by atoms with van der Waals surface area (Å²) in [7, 11) is 0. The van der Waals surface area contributed by atoms with Crippen molar-refractivity contribution >= 4 is 5.96 Å². The number of benzene rings is 1. The molecule has 6 heteroatoms. The highest BCUT2D eigenvalue weighted by atomic mass is 19.1. The van der Waals surface area contributed by atoms with Gasteiger partial charge in [-0.25, -0.2) is 4.39 Å². The summed E-state index contributed by atoms with van der Waals surface area (Å²) in [4.78, 5) is 4.65. The van der Waals surface area contributed by atoms with E-state index >= 15 is 0 Å². The number of nitrogens with one attached hydrogen (secondary N) is 2. The van der Waals surface area contributed by atoms with E-state index in [1.807, 2.05) is 13.0 Å². The van der Waals surface area contributed by atoms with Crippen LogP contribution in [0.5, 0.6) is 0 Å². The van der Waals surface area contributed by atoms with Gasteiger partial charge in [-0.3, -0.25) is 4.99 Å². The van der Waals surface area contributed by atoms with Crippen molar-refractivity contribution in [1.29, 1.82) is 0 Å². The van der Waals surface area contributed by atoms with Crippen LogP contribution in [0, 0.1) is 11.7 Å². The van der Waals surface area contributed by atoms with Gasteiger partial charge in [-0.1, -0.05) is 26.0 Å². The SMILES string of the molecule is CCNC(=NCC1(c2cccc(F)c2)CC1)NCC(O)COCC(C)C. The molecule has 0 spiro atoms. The normalized spacial score (nSPS) is 17.2. The number of halogens is 1. The van der Waals surface area contributed by atoms with Crippen molar-refractivity contribution in [3.05, 3.63) is 35.6 Å². The third-order valence-electron chi connectivity index (χ3n) is 4.44. The van der Waals surface area contributed by atoms with E-state index in [1.54, 1.807) is 12.1 Å². The molecule has 1 aromatic rings. The molecule has 1 aromatic carbocycles. The Morgan fingerprint density at radius 2 is 2.08 bits per heavy atom. The Morgan fingerprint density at radius 1 is 1.31 bits per heavy atom. The molecule has 1 aliphatic carbocycles. The zero-order valence-electron chi connectivity index (χ0n) is 16.1. The lowest BCUT2D eigenvalue weighted by molar-refractivity contribution is 0.0280. The largest absolute Gasteiger partial charge is 0.389 e. The van der Waals surface area contributed by atoms with Gasteiger partial charge in [0.25, 0.3) is 0 Å². The Bertz CT molecular complexity index is 588. The monoisotopic (exact) mass is 365 g/mol. The molecule has 0 aliphatic heterocycles. The molecule has 0 heterocycles. The van der Waals surface area contributed by atoms with E-state index in [0.29, 0.717) is 38.2 Å². The summed E-state index contributed by atoms with van der Waals surface area (Å²) in [6.45, 7) is 8.80. The Hall–Kier alpha value is -1.66. The van der Waals surface area contributed by atoms with Crippen LogP contribution in [-0.2, 0) is 10.2 Å². The van der Waals surface area contributed by atoms with Crippen LogP contribution in [0.2, 0.25) is 0 Å². The molecule has 0 amide bonds. The summed E-state index contributed by atoms with van der Waals surface area (Å²) in [5.41, 5.74) is 0.961. The van der Waals surface area contributed by atoms with Crippen molar-refractivity contribution in [1.82, 2.24) is 10.6 Å². The second-order valence-corrected chi connectivity index (χ2v) is 7.45. The quantitative estimate of drug-likeness (QED) is 0.440. The highest BCUT2D eigenvalue weighted by Gasteiger charge is 2.44. The Balaban J connectivity index is 1.86. The molecule has 0 aromatic heterocycles. The lowest BCUT2D eigenvalue weighted by atomic mass is 9.96. The molecule has 1 atom stereocenters. The van der Waals surface area contributed by atoms with Crippen molar-refractivity contribution < 1.29 is 14.2 Å². The Morgan fingerprint density at radius 3 is 2.69 bits per heavy atom. The molecule has 0 bridgehead atoms. The number of aliphatic hydroxyl groups is 1. The second-order valence-electron chi connectivity index (χ2n) is 7.45. The minimum Gasteiger partial charge on any atom is -0.389 e. The van der Waals surface area contributed by atoms with Crippen molar-refractivity contribution in [2.75, 3.05) is 32.8 Å². The van der Waals surface area contributed by atoms with Gasteiger partial charge in [-0.05, 0) is 43.4 Å². The van der Waals surface area contributed by atoms with Crippen LogP contribution in [0.3, 0.4) is 0 Å². The molecule has 2 rings (SSSR count). The maximum absolute atomic E-state index is 13.5. The van der Waals surface area contributed by atoms with E-state index in [0.717, 1.165) is 24.9 Å². The summed E-state index contributed by atoms with van der Waals surface area (Å²) < 4.78 is 19.0. The minimum absolute atomic E-state index is 0.0521. The van der Waals surface area contributed by atoms with Crippen LogP contribution in [0.4, 0.5) is 4.39 Å². The fraction of sp³-hybridized carbons (Fsp3) is 0.650. The standard InChI is InChI=1S/C20H32FN3O2/c1-4-22-19(23-11-18(25)13-26-12-15(2)3)24-14-20(8-9-20)16-6-5-7-17(21)10-16/h5-7,10,15,18,25H,4,8-9,11-14H2,1-3H3,(H2,22,23,24). The van der Waals surface area contributed by atoms with Gasteiger partial charge in [0.2, 0.25) is 0 Å². The molecule has 3 N–H and O–H groups in total. The van der Waals surface area contributed by atoms with Gasteiger partial charge in [-0.15, -0.1) is 0 Å². The third kappa shape index (κ3) is 6.57. The first kappa shape index (κ1) is 20.6. The first-order valence-electron chi connectivity index (χ1n) is 9.49. The van der Waals surface area contributed by atoms with Crippen LogP contribution < -0.4 is 10.6 Å². The van der Waals surface area contributed by atoms with Crippen molar-refractivity contribution in [3.8, 4) is 0 Å². The first-order chi connectivity index (χ1) is 12.4. The number of aliphatic hydroxyl groups excluding tert-OH is 1. The van der Waals surface area contributed by atoms with Crippen LogP contribution in [-0.4, -0.2) is 50.0 Å². The Kier molecular flexibility index (Phi) is 7.85. The number of aliphatic imine (C=N–C) groups is 1. The lowest BCUT2D eigenvalue weighted by Gasteiger charge is -2.18. The molecular weight excluding hydrogens is 333 g/mol. The lowest BCUT2D eigenvalue weighted by Crippen LogP contribution is -2.42. The van der Waals surface area contributed by atoms with E-state index in [1.165, 1.54) is 6.07 Å². The van der Waals surface area contributed by atoms with Crippen molar-refractivity contribution in [3.63, 3.8) is 0 Å². The average Bonchev–Trinajstić information content (AvgIpc) is 3.38. The molecule has 0 radical (unpaired) electrons. The van der Waals surface area contributed by atoms with E-state index in [4.69, 9.17) is 4.74 Å². The smallest absolute Gasteiger partial charge is 0.191 e. The number of hydrogen-bond donors (Lipinski definition) is 3. The number of ether oxygens (including phenoxy) is 1. The van der Waals surface area contributed by atoms with Gasteiger partial charge >= 0.3 is 0 Å². The van der Waals surface area contributed by atoms with Crippen LogP contribution in [0.25, 0.3) is 0 Å². The number of nitrogens with zero attached hydrogens (tertiary/aromatic N) is 1. The number of rotatable bonds is 10. The summed E-state index contributed by atoms with van der Waals surface area (Å²) in [5, 5.41) is 16.4. The number of guanidine groups is 1. The predicted octanol–water partition coefficient (Wildman–Crippen LogP) is 2.45. The fourth-order valence-electron chi connectivity index (χ4n) is 2.79. The fourth-order valence-corrected chi connectivity index (χ4v) is 2.79. The summed E-state index contributed by atoms with van der Waals surface area (Å²) in [5.74, 6) is 0.914. The molecule has 146 valence electrons. The van der Waals surface area contributed by atoms with Gasteiger partial charge < -0.3 is 20.5 Å². The zero-order chi connectivity index (χ0) is 19.0. The van der Waals surface area contributed by atoms with E-state index in [-0.39, 0.29) is 11.2 Å². The maximum Gasteiger partial charge on any atom is 0.191 e. The molecular formula is C20H32FN3O2. The molecule has 0 saturated heterocycles. The van der Waals surface area contributed by atoms with Gasteiger partial charge in [0.15, 0.2) is 5.96 Å². The molecule has 26 heavy (non-hydrogen) atoms. The van der Waals surface area contributed by atoms with Crippen LogP contribution in [0.15, 0.2) is 29.3 Å². The molecule has 1 unspecified atom stereocenters. The Labute approximate surface area is 156 Å². The average molecular weight is 365 g/mol. The topological polar surface area (TPSA) is 65.9 Å². The molecule has 5 nitrogen and oxygen atoms in total. The van der Waals surface area contributed by atoms with Gasteiger partial charge in [0.1, 0.15) is 5.82 Å². The van der Waals surface area contributed by atoms with Crippen LogP contribution in [0.1, 0.15) is 39.2 Å². The highest BCUT2D eigenvalue weighted by molar-refractivity contribution is 5.79. The number of hydrogen-bond acceptors (Lipinski definition) is 3. The summed E-state index contributed by atoms with van der Waals surface area (Å²) in [6.07, 6.45) is 1.45. The second kappa shape index (κ2) is 9.88. The highest BCUT2D eigenvalue weighted by Crippen LogP contribution is 2.48. The van der Waals surface area contributed by atoms with Gasteiger partial charge in [0.05, 0.1) is 19.3 Å². The third-order valence-corrected chi connectivity index (χ3v) is 4.44.